The molecule has 1 aliphatic rings. The summed E-state index contributed by atoms with van der Waals surface area (Å²) in [6, 6.07) is 0.588. The minimum Gasteiger partial charge on any atom is -0.375 e. The standard InChI is InChI=1S/C10H18N4.2ClH/c1-13(2)10-7-12-14(8-10)9-3-5-11-6-4-9;;/h7-9,11H,3-6H2,1-2H3;2*1H. The second-order valence-electron chi connectivity index (χ2n) is 4.05. The third-order valence-corrected chi connectivity index (χ3v) is 2.79. The van der Waals surface area contributed by atoms with Gasteiger partial charge in [0.25, 0.3) is 0 Å². The minimum absolute atomic E-state index is 0. The molecule has 94 valence electrons. The molecule has 0 aliphatic carbocycles. The predicted octanol–water partition coefficient (Wildman–Crippen LogP) is 1.72. The van der Waals surface area contributed by atoms with Crippen LogP contribution < -0.4 is 10.2 Å². The Balaban J connectivity index is 0.00000112. The topological polar surface area (TPSA) is 33.1 Å². The maximum Gasteiger partial charge on any atom is 0.0747 e. The Hall–Kier alpha value is -0.450. The van der Waals surface area contributed by atoms with Crippen LogP contribution in [0.15, 0.2) is 12.4 Å². The Labute approximate surface area is 109 Å². The molecule has 1 fully saturated rings. The predicted molar refractivity (Wildman–Crippen MR) is 72.2 cm³/mol. The molecule has 2 heterocycles. The van der Waals surface area contributed by atoms with Crippen LogP contribution in [-0.4, -0.2) is 37.0 Å². The molecule has 0 amide bonds. The summed E-state index contributed by atoms with van der Waals surface area (Å²) in [5.74, 6) is 0. The number of anilines is 1. The average Bonchev–Trinajstić information content (AvgIpc) is 2.68. The van der Waals surface area contributed by atoms with E-state index in [1.54, 1.807) is 0 Å². The highest BCUT2D eigenvalue weighted by atomic mass is 35.5. The lowest BCUT2D eigenvalue weighted by Crippen LogP contribution is -2.29. The summed E-state index contributed by atoms with van der Waals surface area (Å²) in [4.78, 5) is 2.09. The maximum atomic E-state index is 4.41. The highest BCUT2D eigenvalue weighted by Gasteiger charge is 2.15. The second-order valence-corrected chi connectivity index (χ2v) is 4.05. The molecule has 6 heteroatoms. The molecule has 0 bridgehead atoms. The maximum absolute atomic E-state index is 4.41. The molecule has 1 saturated heterocycles. The summed E-state index contributed by atoms with van der Waals surface area (Å²) in [7, 11) is 4.09. The van der Waals surface area contributed by atoms with E-state index >= 15 is 0 Å². The lowest BCUT2D eigenvalue weighted by Gasteiger charge is -2.22. The van der Waals surface area contributed by atoms with Crippen LogP contribution in [0.5, 0.6) is 0 Å². The quantitative estimate of drug-likeness (QED) is 0.885. The Bertz CT molecular complexity index is 295. The van der Waals surface area contributed by atoms with Crippen molar-refractivity contribution < 1.29 is 0 Å². The fourth-order valence-electron chi connectivity index (χ4n) is 1.83. The number of nitrogens with zero attached hydrogens (tertiary/aromatic N) is 3. The van der Waals surface area contributed by atoms with E-state index in [2.05, 4.69) is 26.2 Å². The van der Waals surface area contributed by atoms with E-state index in [9.17, 15) is 0 Å². The van der Waals surface area contributed by atoms with E-state index in [1.165, 1.54) is 18.5 Å². The van der Waals surface area contributed by atoms with Gasteiger partial charge in [0.15, 0.2) is 0 Å². The first-order valence-electron chi connectivity index (χ1n) is 5.19. The number of hydrogen-bond acceptors (Lipinski definition) is 3. The van der Waals surface area contributed by atoms with Crippen LogP contribution in [-0.2, 0) is 0 Å². The van der Waals surface area contributed by atoms with E-state index in [4.69, 9.17) is 0 Å². The third kappa shape index (κ3) is 3.54. The summed E-state index contributed by atoms with van der Waals surface area (Å²) >= 11 is 0. The van der Waals surface area contributed by atoms with E-state index in [0.717, 1.165) is 13.1 Å². The van der Waals surface area contributed by atoms with Crippen molar-refractivity contribution in [2.75, 3.05) is 32.1 Å². The summed E-state index contributed by atoms with van der Waals surface area (Å²) < 4.78 is 2.11. The van der Waals surface area contributed by atoms with Gasteiger partial charge in [-0.2, -0.15) is 5.10 Å². The number of piperidine rings is 1. The van der Waals surface area contributed by atoms with Crippen molar-refractivity contribution >= 4 is 30.5 Å². The summed E-state index contributed by atoms with van der Waals surface area (Å²) in [5.41, 5.74) is 1.18. The lowest BCUT2D eigenvalue weighted by molar-refractivity contribution is 0.343. The van der Waals surface area contributed by atoms with E-state index < -0.39 is 0 Å². The molecule has 0 aromatic carbocycles. The normalized spacial score (nSPS) is 16.1. The highest BCUT2D eigenvalue weighted by molar-refractivity contribution is 5.85. The summed E-state index contributed by atoms with van der Waals surface area (Å²) in [5, 5.41) is 7.77. The van der Waals surface area contributed by atoms with Gasteiger partial charge in [-0.15, -0.1) is 24.8 Å². The van der Waals surface area contributed by atoms with E-state index in [-0.39, 0.29) is 24.8 Å². The van der Waals surface area contributed by atoms with Gasteiger partial charge in [0.05, 0.1) is 17.9 Å². The monoisotopic (exact) mass is 266 g/mol. The molecule has 1 N–H and O–H groups in total. The van der Waals surface area contributed by atoms with Crippen LogP contribution in [0.3, 0.4) is 0 Å². The molecular formula is C10H20Cl2N4. The Morgan fingerprint density at radius 1 is 1.31 bits per heavy atom. The van der Waals surface area contributed by atoms with Crippen LogP contribution in [0.4, 0.5) is 5.69 Å². The minimum atomic E-state index is 0. The summed E-state index contributed by atoms with van der Waals surface area (Å²) in [6.45, 7) is 2.23. The smallest absolute Gasteiger partial charge is 0.0747 e. The third-order valence-electron chi connectivity index (χ3n) is 2.79. The van der Waals surface area contributed by atoms with Crippen molar-refractivity contribution in [3.63, 3.8) is 0 Å². The first kappa shape index (κ1) is 15.5. The van der Waals surface area contributed by atoms with Crippen molar-refractivity contribution in [1.82, 2.24) is 15.1 Å². The van der Waals surface area contributed by atoms with Gasteiger partial charge >= 0.3 is 0 Å². The van der Waals surface area contributed by atoms with Crippen molar-refractivity contribution in [3.05, 3.63) is 12.4 Å². The number of halogens is 2. The molecule has 0 radical (unpaired) electrons. The molecule has 4 nitrogen and oxygen atoms in total. The van der Waals surface area contributed by atoms with Gasteiger partial charge in [-0.1, -0.05) is 0 Å². The van der Waals surface area contributed by atoms with E-state index in [1.807, 2.05) is 20.3 Å². The van der Waals surface area contributed by atoms with Gasteiger partial charge in [-0.05, 0) is 25.9 Å². The van der Waals surface area contributed by atoms with Gasteiger partial charge in [-0.3, -0.25) is 4.68 Å². The first-order valence-corrected chi connectivity index (χ1v) is 5.19. The zero-order valence-electron chi connectivity index (χ0n) is 9.72. The van der Waals surface area contributed by atoms with Crippen molar-refractivity contribution in [1.29, 1.82) is 0 Å². The lowest BCUT2D eigenvalue weighted by atomic mass is 10.1. The summed E-state index contributed by atoms with van der Waals surface area (Å²) in [6.07, 6.45) is 6.45. The largest absolute Gasteiger partial charge is 0.375 e. The van der Waals surface area contributed by atoms with Crippen LogP contribution >= 0.6 is 24.8 Å². The molecule has 1 aromatic rings. The van der Waals surface area contributed by atoms with Gasteiger partial charge < -0.3 is 10.2 Å². The fourth-order valence-corrected chi connectivity index (χ4v) is 1.83. The van der Waals surface area contributed by atoms with Crippen molar-refractivity contribution in [3.8, 4) is 0 Å². The van der Waals surface area contributed by atoms with Gasteiger partial charge in [-0.25, -0.2) is 0 Å². The Kier molecular flexibility index (Phi) is 6.79. The highest BCUT2D eigenvalue weighted by Crippen LogP contribution is 2.20. The number of aromatic nitrogens is 2. The molecule has 1 aromatic heterocycles. The molecular weight excluding hydrogens is 247 g/mol. The fraction of sp³-hybridized carbons (Fsp3) is 0.700. The molecule has 0 atom stereocenters. The van der Waals surface area contributed by atoms with Gasteiger partial charge in [0, 0.05) is 20.3 Å². The van der Waals surface area contributed by atoms with Crippen LogP contribution in [0.1, 0.15) is 18.9 Å². The van der Waals surface area contributed by atoms with Gasteiger partial charge in [0.1, 0.15) is 0 Å². The van der Waals surface area contributed by atoms with Gasteiger partial charge in [0.2, 0.25) is 0 Å². The number of hydrogen-bond donors (Lipinski definition) is 1. The SMILES string of the molecule is CN(C)c1cnn(C2CCNCC2)c1.Cl.Cl. The van der Waals surface area contributed by atoms with E-state index in [0.29, 0.717) is 6.04 Å². The van der Waals surface area contributed by atoms with Crippen molar-refractivity contribution in [2.45, 2.75) is 18.9 Å². The molecule has 16 heavy (non-hydrogen) atoms. The first-order chi connectivity index (χ1) is 6.77. The molecule has 0 saturated carbocycles. The van der Waals surface area contributed by atoms with Crippen LogP contribution in [0.2, 0.25) is 0 Å². The molecule has 0 unspecified atom stereocenters. The second kappa shape index (κ2) is 6.99. The van der Waals surface area contributed by atoms with Crippen LogP contribution in [0, 0.1) is 0 Å². The van der Waals surface area contributed by atoms with Crippen molar-refractivity contribution in [2.24, 2.45) is 0 Å². The zero-order valence-corrected chi connectivity index (χ0v) is 11.4. The Morgan fingerprint density at radius 2 is 1.94 bits per heavy atom. The molecule has 2 rings (SSSR count). The number of rotatable bonds is 2. The Morgan fingerprint density at radius 3 is 2.44 bits per heavy atom. The molecule has 1 aliphatic heterocycles. The zero-order chi connectivity index (χ0) is 9.97. The number of nitrogens with one attached hydrogen (secondary N) is 1. The molecule has 0 spiro atoms. The average molecular weight is 267 g/mol. The van der Waals surface area contributed by atoms with Crippen LogP contribution in [0.25, 0.3) is 0 Å².